The van der Waals surface area contributed by atoms with Gasteiger partial charge in [0.1, 0.15) is 11.6 Å². The zero-order valence-electron chi connectivity index (χ0n) is 16.1. The lowest BCUT2D eigenvalue weighted by molar-refractivity contribution is -0.132. The van der Waals surface area contributed by atoms with E-state index in [-0.39, 0.29) is 11.8 Å². The molecular formula is C20H26N4O3. The average Bonchev–Trinajstić information content (AvgIpc) is 3.00. The van der Waals surface area contributed by atoms with Gasteiger partial charge in [0.2, 0.25) is 11.8 Å². The number of nitrogens with zero attached hydrogens (tertiary/aromatic N) is 3. The van der Waals surface area contributed by atoms with Crippen molar-refractivity contribution < 1.29 is 14.3 Å². The van der Waals surface area contributed by atoms with Crippen molar-refractivity contribution in [3.63, 3.8) is 0 Å². The average molecular weight is 370 g/mol. The first-order valence-corrected chi connectivity index (χ1v) is 9.16. The second-order valence-corrected chi connectivity index (χ2v) is 6.81. The number of hydrogen-bond donors (Lipinski definition) is 1. The smallest absolute Gasteiger partial charge is 0.223 e. The van der Waals surface area contributed by atoms with Crippen LogP contribution in [-0.4, -0.2) is 39.9 Å². The third kappa shape index (κ3) is 4.48. The third-order valence-corrected chi connectivity index (χ3v) is 4.96. The van der Waals surface area contributed by atoms with Crippen molar-refractivity contribution in [2.75, 3.05) is 13.7 Å². The molecule has 0 aliphatic carbocycles. The van der Waals surface area contributed by atoms with E-state index in [9.17, 15) is 9.59 Å². The monoisotopic (exact) mass is 370 g/mol. The number of aryl methyl sites for hydroxylation is 1. The van der Waals surface area contributed by atoms with Gasteiger partial charge in [-0.2, -0.15) is 0 Å². The summed E-state index contributed by atoms with van der Waals surface area (Å²) in [6.45, 7) is 3.14. The van der Waals surface area contributed by atoms with Crippen LogP contribution >= 0.6 is 0 Å². The lowest BCUT2D eigenvalue weighted by Gasteiger charge is -2.27. The number of hydrogen-bond acceptors (Lipinski definition) is 4. The summed E-state index contributed by atoms with van der Waals surface area (Å²) < 4.78 is 7.23. The number of carbonyl (C=O) groups is 2. The van der Waals surface area contributed by atoms with Gasteiger partial charge in [-0.25, -0.2) is 4.98 Å². The molecular weight excluding hydrogens is 344 g/mol. The standard InChI is InChI=1S/C20H26N4O3/c1-14(25)21-12-19-22-17-9-10-24(13-18(17)23(19)2)20(26)8-7-15-5-4-6-16(11-15)27-3/h4-6,11H,7-10,12-13H2,1-3H3,(H,21,25). The molecule has 144 valence electrons. The van der Waals surface area contributed by atoms with Gasteiger partial charge in [-0.15, -0.1) is 0 Å². The minimum absolute atomic E-state index is 0.0784. The maximum absolute atomic E-state index is 12.7. The molecule has 7 nitrogen and oxygen atoms in total. The first kappa shape index (κ1) is 18.9. The van der Waals surface area contributed by atoms with Crippen molar-refractivity contribution in [3.05, 3.63) is 47.0 Å². The molecule has 0 fully saturated rings. The van der Waals surface area contributed by atoms with E-state index in [1.807, 2.05) is 40.8 Å². The van der Waals surface area contributed by atoms with Crippen LogP contribution in [0.15, 0.2) is 24.3 Å². The normalized spacial score (nSPS) is 13.2. The van der Waals surface area contributed by atoms with Crippen molar-refractivity contribution in [3.8, 4) is 5.75 Å². The topological polar surface area (TPSA) is 76.5 Å². The summed E-state index contributed by atoms with van der Waals surface area (Å²) >= 11 is 0. The molecule has 0 atom stereocenters. The van der Waals surface area contributed by atoms with Gasteiger partial charge >= 0.3 is 0 Å². The Morgan fingerprint density at radius 3 is 2.89 bits per heavy atom. The first-order chi connectivity index (χ1) is 13.0. The molecule has 1 aliphatic heterocycles. The van der Waals surface area contributed by atoms with E-state index in [4.69, 9.17) is 4.74 Å². The molecule has 7 heteroatoms. The lowest BCUT2D eigenvalue weighted by atomic mass is 10.1. The summed E-state index contributed by atoms with van der Waals surface area (Å²) in [4.78, 5) is 30.3. The zero-order chi connectivity index (χ0) is 19.4. The quantitative estimate of drug-likeness (QED) is 0.838. The number of aromatic nitrogens is 2. The Labute approximate surface area is 159 Å². The molecule has 2 amide bonds. The van der Waals surface area contributed by atoms with Crippen LogP contribution in [0, 0.1) is 0 Å². The number of carbonyl (C=O) groups excluding carboxylic acids is 2. The fourth-order valence-corrected chi connectivity index (χ4v) is 3.35. The highest BCUT2D eigenvalue weighted by Gasteiger charge is 2.25. The highest BCUT2D eigenvalue weighted by molar-refractivity contribution is 5.76. The highest BCUT2D eigenvalue weighted by Crippen LogP contribution is 2.21. The van der Waals surface area contributed by atoms with E-state index in [1.165, 1.54) is 6.92 Å². The van der Waals surface area contributed by atoms with Gasteiger partial charge in [-0.1, -0.05) is 12.1 Å². The minimum Gasteiger partial charge on any atom is -0.497 e. The largest absolute Gasteiger partial charge is 0.497 e. The predicted molar refractivity (Wildman–Crippen MR) is 101 cm³/mol. The summed E-state index contributed by atoms with van der Waals surface area (Å²) in [7, 11) is 3.58. The summed E-state index contributed by atoms with van der Waals surface area (Å²) in [6, 6.07) is 7.83. The van der Waals surface area contributed by atoms with E-state index in [2.05, 4.69) is 10.3 Å². The summed E-state index contributed by atoms with van der Waals surface area (Å²) in [6.07, 6.45) is 1.91. The SMILES string of the molecule is COc1cccc(CCC(=O)N2CCc3nc(CNC(C)=O)n(C)c3C2)c1. The number of amides is 2. The Morgan fingerprint density at radius 2 is 2.15 bits per heavy atom. The van der Waals surface area contributed by atoms with Crippen LogP contribution in [0.1, 0.15) is 36.1 Å². The van der Waals surface area contributed by atoms with Crippen LogP contribution in [0.2, 0.25) is 0 Å². The van der Waals surface area contributed by atoms with Gasteiger partial charge in [0.15, 0.2) is 0 Å². The van der Waals surface area contributed by atoms with Crippen LogP contribution in [0.25, 0.3) is 0 Å². The van der Waals surface area contributed by atoms with Crippen LogP contribution in [-0.2, 0) is 42.6 Å². The number of benzene rings is 1. The molecule has 27 heavy (non-hydrogen) atoms. The zero-order valence-corrected chi connectivity index (χ0v) is 16.1. The Hall–Kier alpha value is -2.83. The highest BCUT2D eigenvalue weighted by atomic mass is 16.5. The second kappa shape index (κ2) is 8.24. The molecule has 3 rings (SSSR count). The van der Waals surface area contributed by atoms with Gasteiger partial charge < -0.3 is 19.5 Å². The van der Waals surface area contributed by atoms with E-state index < -0.39 is 0 Å². The fourth-order valence-electron chi connectivity index (χ4n) is 3.35. The molecule has 0 unspecified atom stereocenters. The van der Waals surface area contributed by atoms with E-state index in [0.29, 0.717) is 32.5 Å². The van der Waals surface area contributed by atoms with Gasteiger partial charge in [0.25, 0.3) is 0 Å². The number of rotatable bonds is 6. The number of nitrogens with one attached hydrogen (secondary N) is 1. The molecule has 1 aliphatic rings. The summed E-state index contributed by atoms with van der Waals surface area (Å²) in [5.74, 6) is 1.70. The lowest BCUT2D eigenvalue weighted by Crippen LogP contribution is -2.36. The van der Waals surface area contributed by atoms with E-state index >= 15 is 0 Å². The molecule has 0 saturated heterocycles. The Morgan fingerprint density at radius 1 is 1.33 bits per heavy atom. The van der Waals surface area contributed by atoms with Crippen molar-refractivity contribution in [1.29, 1.82) is 0 Å². The van der Waals surface area contributed by atoms with Gasteiger partial charge in [-0.3, -0.25) is 9.59 Å². The number of imidazole rings is 1. The van der Waals surface area contributed by atoms with Gasteiger partial charge in [-0.05, 0) is 24.1 Å². The van der Waals surface area contributed by atoms with Crippen LogP contribution in [0.3, 0.4) is 0 Å². The molecule has 0 bridgehead atoms. The van der Waals surface area contributed by atoms with Crippen LogP contribution in [0.4, 0.5) is 0 Å². The minimum atomic E-state index is -0.0784. The molecule has 0 saturated carbocycles. The summed E-state index contributed by atoms with van der Waals surface area (Å²) in [5, 5.41) is 2.78. The van der Waals surface area contributed by atoms with Crippen molar-refractivity contribution in [2.24, 2.45) is 7.05 Å². The van der Waals surface area contributed by atoms with Crippen molar-refractivity contribution in [2.45, 2.75) is 39.3 Å². The second-order valence-electron chi connectivity index (χ2n) is 6.81. The molecule has 1 aromatic carbocycles. The Bertz CT molecular complexity index is 844. The van der Waals surface area contributed by atoms with Crippen LogP contribution < -0.4 is 10.1 Å². The maximum Gasteiger partial charge on any atom is 0.223 e. The fraction of sp³-hybridized carbons (Fsp3) is 0.450. The third-order valence-electron chi connectivity index (χ3n) is 4.96. The molecule has 0 spiro atoms. The van der Waals surface area contributed by atoms with Crippen LogP contribution in [0.5, 0.6) is 5.75 Å². The molecule has 2 heterocycles. The predicted octanol–water partition coefficient (Wildman–Crippen LogP) is 1.58. The van der Waals surface area contributed by atoms with Gasteiger partial charge in [0, 0.05) is 33.4 Å². The van der Waals surface area contributed by atoms with E-state index in [0.717, 1.165) is 34.9 Å². The maximum atomic E-state index is 12.7. The number of fused-ring (bicyclic) bond motifs is 1. The Kier molecular flexibility index (Phi) is 5.78. The molecule has 2 aromatic rings. The molecule has 0 radical (unpaired) electrons. The van der Waals surface area contributed by atoms with Crippen molar-refractivity contribution >= 4 is 11.8 Å². The van der Waals surface area contributed by atoms with Crippen molar-refractivity contribution in [1.82, 2.24) is 19.8 Å². The molecule has 1 N–H and O–H groups in total. The number of methoxy groups -OCH3 is 1. The first-order valence-electron chi connectivity index (χ1n) is 9.16. The summed E-state index contributed by atoms with van der Waals surface area (Å²) in [5.41, 5.74) is 3.17. The van der Waals surface area contributed by atoms with E-state index in [1.54, 1.807) is 7.11 Å². The van der Waals surface area contributed by atoms with Gasteiger partial charge in [0.05, 0.1) is 31.6 Å². The Balaban J connectivity index is 1.61. The number of ether oxygens (including phenoxy) is 1. The molecule has 1 aromatic heterocycles.